The smallest absolute Gasteiger partial charge is 0.232 e. The van der Waals surface area contributed by atoms with Gasteiger partial charge in [-0.2, -0.15) is 0 Å². The fourth-order valence-corrected chi connectivity index (χ4v) is 3.31. The van der Waals surface area contributed by atoms with E-state index < -0.39 is 0 Å². The molecule has 22 heavy (non-hydrogen) atoms. The minimum absolute atomic E-state index is 0.0617. The highest BCUT2D eigenvalue weighted by Crippen LogP contribution is 2.15. The highest BCUT2D eigenvalue weighted by atomic mass is 32.2. The van der Waals surface area contributed by atoms with Crippen LogP contribution in [0.4, 0.5) is 0 Å². The summed E-state index contributed by atoms with van der Waals surface area (Å²) in [5.41, 5.74) is 5.41. The van der Waals surface area contributed by atoms with Crippen molar-refractivity contribution in [2.75, 3.05) is 44.4 Å². The predicted octanol–water partition coefficient (Wildman–Crippen LogP) is 0.458. The molecule has 2 amide bonds. The van der Waals surface area contributed by atoms with Crippen LogP contribution in [0.5, 0.6) is 0 Å². The Bertz CT molecular complexity index is 373. The number of hydrogen-bond acceptors (Lipinski definition) is 5. The van der Waals surface area contributed by atoms with Crippen LogP contribution in [0, 0.1) is 5.92 Å². The SMILES string of the molecule is CC(C)CC(C)(CN)NC(=O)CSCC(=O)N1CCOCC1. The molecule has 1 unspecified atom stereocenters. The largest absolute Gasteiger partial charge is 0.378 e. The van der Waals surface area contributed by atoms with Crippen molar-refractivity contribution in [3.8, 4) is 0 Å². The third-order valence-electron chi connectivity index (χ3n) is 3.57. The van der Waals surface area contributed by atoms with Gasteiger partial charge in [0.25, 0.3) is 0 Å². The summed E-state index contributed by atoms with van der Waals surface area (Å²) in [6, 6.07) is 0. The molecule has 1 aliphatic rings. The van der Waals surface area contributed by atoms with Crippen molar-refractivity contribution < 1.29 is 14.3 Å². The molecular formula is C15H29N3O3S. The number of thioether (sulfide) groups is 1. The van der Waals surface area contributed by atoms with E-state index in [-0.39, 0.29) is 23.1 Å². The standard InChI is InChI=1S/C15H29N3O3S/c1-12(2)8-15(3,11-16)17-13(19)9-22-10-14(20)18-4-6-21-7-5-18/h12H,4-11,16H2,1-3H3,(H,17,19). The zero-order chi connectivity index (χ0) is 16.6. The lowest BCUT2D eigenvalue weighted by atomic mass is 9.91. The molecule has 0 aromatic heterocycles. The molecule has 1 atom stereocenters. The average Bonchev–Trinajstić information content (AvgIpc) is 2.47. The second kappa shape index (κ2) is 9.37. The zero-order valence-electron chi connectivity index (χ0n) is 13.9. The van der Waals surface area contributed by atoms with Crippen molar-refractivity contribution >= 4 is 23.6 Å². The van der Waals surface area contributed by atoms with Gasteiger partial charge in [0.15, 0.2) is 0 Å². The molecule has 7 heteroatoms. The van der Waals surface area contributed by atoms with Gasteiger partial charge in [-0.1, -0.05) is 13.8 Å². The number of hydrogen-bond donors (Lipinski definition) is 2. The maximum atomic E-state index is 12.0. The molecule has 1 heterocycles. The van der Waals surface area contributed by atoms with Crippen molar-refractivity contribution in [1.82, 2.24) is 10.2 Å². The van der Waals surface area contributed by atoms with Crippen LogP contribution in [-0.4, -0.2) is 66.6 Å². The van der Waals surface area contributed by atoms with Crippen molar-refractivity contribution in [3.63, 3.8) is 0 Å². The van der Waals surface area contributed by atoms with E-state index in [1.807, 2.05) is 6.92 Å². The van der Waals surface area contributed by atoms with Crippen molar-refractivity contribution in [2.24, 2.45) is 11.7 Å². The van der Waals surface area contributed by atoms with Gasteiger partial charge in [0.2, 0.25) is 11.8 Å². The number of carbonyl (C=O) groups excluding carboxylic acids is 2. The number of nitrogens with zero attached hydrogens (tertiary/aromatic N) is 1. The van der Waals surface area contributed by atoms with Crippen LogP contribution < -0.4 is 11.1 Å². The van der Waals surface area contributed by atoms with E-state index in [0.717, 1.165) is 6.42 Å². The van der Waals surface area contributed by atoms with Crippen LogP contribution in [0.15, 0.2) is 0 Å². The second-order valence-corrected chi connectivity index (χ2v) is 7.38. The van der Waals surface area contributed by atoms with Gasteiger partial charge in [0, 0.05) is 25.2 Å². The lowest BCUT2D eigenvalue weighted by molar-refractivity contribution is -0.132. The first-order valence-corrected chi connectivity index (χ1v) is 8.96. The van der Waals surface area contributed by atoms with Crippen LogP contribution in [0.1, 0.15) is 27.2 Å². The minimum atomic E-state index is -0.375. The molecule has 0 aromatic carbocycles. The Balaban J connectivity index is 2.28. The van der Waals surface area contributed by atoms with Crippen LogP contribution >= 0.6 is 11.8 Å². The molecule has 1 aliphatic heterocycles. The van der Waals surface area contributed by atoms with Gasteiger partial charge >= 0.3 is 0 Å². The van der Waals surface area contributed by atoms with Crippen LogP contribution in [0.2, 0.25) is 0 Å². The summed E-state index contributed by atoms with van der Waals surface area (Å²) in [6.07, 6.45) is 0.840. The minimum Gasteiger partial charge on any atom is -0.378 e. The Labute approximate surface area is 137 Å². The van der Waals surface area contributed by atoms with Crippen LogP contribution in [-0.2, 0) is 14.3 Å². The zero-order valence-corrected chi connectivity index (χ0v) is 14.7. The summed E-state index contributed by atoms with van der Waals surface area (Å²) >= 11 is 1.35. The van der Waals surface area contributed by atoms with Gasteiger partial charge in [-0.25, -0.2) is 0 Å². The maximum Gasteiger partial charge on any atom is 0.232 e. The molecule has 0 aromatic rings. The molecular weight excluding hydrogens is 302 g/mol. The number of carbonyl (C=O) groups is 2. The number of rotatable bonds is 8. The number of morpholine rings is 1. The molecule has 3 N–H and O–H groups in total. The third kappa shape index (κ3) is 6.98. The summed E-state index contributed by atoms with van der Waals surface area (Å²) in [7, 11) is 0. The first kappa shape index (κ1) is 19.3. The average molecular weight is 331 g/mol. The first-order chi connectivity index (χ1) is 10.4. The Kier molecular flexibility index (Phi) is 8.20. The first-order valence-electron chi connectivity index (χ1n) is 7.80. The second-order valence-electron chi connectivity index (χ2n) is 6.40. The normalized spacial score (nSPS) is 18.1. The molecule has 0 bridgehead atoms. The van der Waals surface area contributed by atoms with Gasteiger partial charge in [0.05, 0.1) is 24.7 Å². The molecule has 0 aliphatic carbocycles. The van der Waals surface area contributed by atoms with Gasteiger partial charge < -0.3 is 20.7 Å². The van der Waals surface area contributed by atoms with E-state index in [2.05, 4.69) is 19.2 Å². The van der Waals surface area contributed by atoms with E-state index in [4.69, 9.17) is 10.5 Å². The Morgan fingerprint density at radius 2 is 1.95 bits per heavy atom. The Morgan fingerprint density at radius 1 is 1.32 bits per heavy atom. The summed E-state index contributed by atoms with van der Waals surface area (Å²) in [6.45, 7) is 9.08. The number of ether oxygens (including phenoxy) is 1. The lowest BCUT2D eigenvalue weighted by Gasteiger charge is -2.31. The summed E-state index contributed by atoms with van der Waals surface area (Å²) < 4.78 is 5.21. The number of nitrogens with two attached hydrogens (primary N) is 1. The highest BCUT2D eigenvalue weighted by Gasteiger charge is 2.26. The number of amides is 2. The van der Waals surface area contributed by atoms with Gasteiger partial charge in [-0.3, -0.25) is 9.59 Å². The van der Waals surface area contributed by atoms with E-state index in [1.54, 1.807) is 4.90 Å². The molecule has 1 saturated heterocycles. The number of nitrogens with one attached hydrogen (secondary N) is 1. The molecule has 0 spiro atoms. The molecule has 6 nitrogen and oxygen atoms in total. The lowest BCUT2D eigenvalue weighted by Crippen LogP contribution is -2.52. The maximum absolute atomic E-state index is 12.0. The molecule has 0 saturated carbocycles. The molecule has 1 rings (SSSR count). The Morgan fingerprint density at radius 3 is 2.50 bits per heavy atom. The molecule has 1 fully saturated rings. The van der Waals surface area contributed by atoms with Crippen LogP contribution in [0.25, 0.3) is 0 Å². The van der Waals surface area contributed by atoms with E-state index >= 15 is 0 Å². The van der Waals surface area contributed by atoms with E-state index in [9.17, 15) is 9.59 Å². The van der Waals surface area contributed by atoms with Crippen molar-refractivity contribution in [1.29, 1.82) is 0 Å². The summed E-state index contributed by atoms with van der Waals surface area (Å²) in [5, 5.41) is 3.00. The molecule has 0 radical (unpaired) electrons. The fraction of sp³-hybridized carbons (Fsp3) is 0.867. The van der Waals surface area contributed by atoms with E-state index in [0.29, 0.717) is 44.5 Å². The summed E-state index contributed by atoms with van der Waals surface area (Å²) in [4.78, 5) is 25.8. The van der Waals surface area contributed by atoms with Crippen molar-refractivity contribution in [2.45, 2.75) is 32.7 Å². The fourth-order valence-electron chi connectivity index (χ4n) is 2.59. The quantitative estimate of drug-likeness (QED) is 0.675. The third-order valence-corrected chi connectivity index (χ3v) is 4.49. The van der Waals surface area contributed by atoms with Gasteiger partial charge in [-0.15, -0.1) is 11.8 Å². The monoisotopic (exact) mass is 331 g/mol. The molecule has 128 valence electrons. The van der Waals surface area contributed by atoms with E-state index in [1.165, 1.54) is 11.8 Å². The van der Waals surface area contributed by atoms with Gasteiger partial charge in [-0.05, 0) is 19.3 Å². The van der Waals surface area contributed by atoms with Crippen LogP contribution in [0.3, 0.4) is 0 Å². The summed E-state index contributed by atoms with van der Waals surface area (Å²) in [5.74, 6) is 1.09. The Hall–Kier alpha value is -0.790. The predicted molar refractivity (Wildman–Crippen MR) is 89.8 cm³/mol. The van der Waals surface area contributed by atoms with Crippen molar-refractivity contribution in [3.05, 3.63) is 0 Å². The highest BCUT2D eigenvalue weighted by molar-refractivity contribution is 8.00. The van der Waals surface area contributed by atoms with Gasteiger partial charge in [0.1, 0.15) is 0 Å². The topological polar surface area (TPSA) is 84.7 Å².